The molecular formula is C24H27N5. The van der Waals surface area contributed by atoms with E-state index in [1.807, 2.05) is 18.5 Å². The third-order valence-electron chi connectivity index (χ3n) is 6.27. The fourth-order valence-electron chi connectivity index (χ4n) is 4.36. The lowest BCUT2D eigenvalue weighted by molar-refractivity contribution is 0.264. The van der Waals surface area contributed by atoms with Crippen molar-refractivity contribution in [3.8, 4) is 11.3 Å². The second-order valence-electron chi connectivity index (χ2n) is 8.29. The summed E-state index contributed by atoms with van der Waals surface area (Å²) in [6.45, 7) is 4.41. The van der Waals surface area contributed by atoms with Gasteiger partial charge in [0.2, 0.25) is 0 Å². The Morgan fingerprint density at radius 3 is 2.69 bits per heavy atom. The van der Waals surface area contributed by atoms with E-state index in [0.717, 1.165) is 53.8 Å². The van der Waals surface area contributed by atoms with Gasteiger partial charge in [0.05, 0.1) is 11.2 Å². The number of piperidine rings is 1. The van der Waals surface area contributed by atoms with Crippen molar-refractivity contribution in [3.05, 3.63) is 54.5 Å². The summed E-state index contributed by atoms with van der Waals surface area (Å²) in [7, 11) is 4.31. The summed E-state index contributed by atoms with van der Waals surface area (Å²) in [6.07, 6.45) is 6.06. The minimum atomic E-state index is 0.490. The van der Waals surface area contributed by atoms with Crippen molar-refractivity contribution in [2.45, 2.75) is 25.8 Å². The van der Waals surface area contributed by atoms with E-state index in [0.29, 0.717) is 6.04 Å². The first-order valence-corrected chi connectivity index (χ1v) is 10.3. The van der Waals surface area contributed by atoms with Crippen molar-refractivity contribution in [2.75, 3.05) is 25.5 Å². The molecule has 5 rings (SSSR count). The molecule has 0 bridgehead atoms. The van der Waals surface area contributed by atoms with Crippen LogP contribution in [0.25, 0.3) is 33.1 Å². The number of fused-ring (bicyclic) bond motifs is 2. The van der Waals surface area contributed by atoms with Crippen LogP contribution in [0.1, 0.15) is 18.5 Å². The molecule has 1 saturated heterocycles. The first kappa shape index (κ1) is 18.1. The number of hydrogen-bond donors (Lipinski definition) is 1. The van der Waals surface area contributed by atoms with E-state index in [1.54, 1.807) is 0 Å². The third kappa shape index (κ3) is 3.36. The van der Waals surface area contributed by atoms with Crippen molar-refractivity contribution >= 4 is 27.5 Å². The minimum Gasteiger partial charge on any atom is -0.382 e. The van der Waals surface area contributed by atoms with Crippen LogP contribution in [0.4, 0.5) is 5.69 Å². The normalized spacial score (nSPS) is 16.0. The molecule has 29 heavy (non-hydrogen) atoms. The van der Waals surface area contributed by atoms with Gasteiger partial charge in [-0.25, -0.2) is 4.98 Å². The lowest BCUT2D eigenvalue weighted by Gasteiger charge is -2.30. The van der Waals surface area contributed by atoms with E-state index in [4.69, 9.17) is 4.98 Å². The summed E-state index contributed by atoms with van der Waals surface area (Å²) < 4.78 is 2.23. The number of nitrogens with zero attached hydrogens (tertiary/aromatic N) is 4. The van der Waals surface area contributed by atoms with Crippen LogP contribution >= 0.6 is 0 Å². The molecule has 4 aromatic rings. The summed E-state index contributed by atoms with van der Waals surface area (Å²) in [5.41, 5.74) is 6.78. The van der Waals surface area contributed by atoms with Crippen LogP contribution in [0.3, 0.4) is 0 Å². The fourth-order valence-corrected chi connectivity index (χ4v) is 4.36. The van der Waals surface area contributed by atoms with Crippen molar-refractivity contribution in [3.63, 3.8) is 0 Å². The van der Waals surface area contributed by atoms with Gasteiger partial charge < -0.3 is 14.8 Å². The average Bonchev–Trinajstić information content (AvgIpc) is 3.02. The van der Waals surface area contributed by atoms with Gasteiger partial charge in [0.25, 0.3) is 0 Å². The molecule has 4 heterocycles. The average molecular weight is 386 g/mol. The molecule has 148 valence electrons. The molecule has 3 aromatic heterocycles. The smallest absolute Gasteiger partial charge is 0.0761 e. The lowest BCUT2D eigenvalue weighted by atomic mass is 10.0. The second kappa shape index (κ2) is 7.16. The molecule has 0 radical (unpaired) electrons. The highest BCUT2D eigenvalue weighted by Crippen LogP contribution is 2.31. The lowest BCUT2D eigenvalue weighted by Crippen LogP contribution is -2.36. The summed E-state index contributed by atoms with van der Waals surface area (Å²) >= 11 is 0. The van der Waals surface area contributed by atoms with Crippen LogP contribution in [0, 0.1) is 6.92 Å². The van der Waals surface area contributed by atoms with Crippen molar-refractivity contribution < 1.29 is 0 Å². The van der Waals surface area contributed by atoms with E-state index in [2.05, 4.69) is 71.1 Å². The van der Waals surface area contributed by atoms with Gasteiger partial charge in [-0.1, -0.05) is 6.07 Å². The maximum Gasteiger partial charge on any atom is 0.0761 e. The number of benzene rings is 1. The van der Waals surface area contributed by atoms with E-state index < -0.39 is 0 Å². The van der Waals surface area contributed by atoms with Gasteiger partial charge in [-0.15, -0.1) is 0 Å². The Balaban J connectivity index is 1.57. The molecule has 1 N–H and O–H groups in total. The molecule has 5 heteroatoms. The number of aryl methyl sites for hydroxylation is 2. The Hall–Kier alpha value is -2.92. The zero-order chi connectivity index (χ0) is 20.0. The zero-order valence-electron chi connectivity index (χ0n) is 17.3. The fraction of sp³-hybridized carbons (Fsp3) is 0.333. The molecule has 0 unspecified atom stereocenters. The van der Waals surface area contributed by atoms with Gasteiger partial charge >= 0.3 is 0 Å². The second-order valence-corrected chi connectivity index (χ2v) is 8.29. The zero-order valence-corrected chi connectivity index (χ0v) is 17.3. The highest BCUT2D eigenvalue weighted by atomic mass is 15.1. The van der Waals surface area contributed by atoms with Gasteiger partial charge in [0.15, 0.2) is 0 Å². The van der Waals surface area contributed by atoms with Gasteiger partial charge in [-0.2, -0.15) is 0 Å². The quantitative estimate of drug-likeness (QED) is 0.560. The Labute approximate surface area is 171 Å². The maximum absolute atomic E-state index is 4.95. The molecule has 0 saturated carbocycles. The van der Waals surface area contributed by atoms with Gasteiger partial charge in [-0.05, 0) is 70.2 Å². The number of pyridine rings is 2. The SMILES string of the molecule is Cc1cc2cc(-c3cc(NC4CCN(C)CC4)c4cnccc4n3)ccc2n1C. The summed E-state index contributed by atoms with van der Waals surface area (Å²) in [5, 5.41) is 6.14. The van der Waals surface area contributed by atoms with E-state index >= 15 is 0 Å². The number of likely N-dealkylation sites (tertiary alicyclic amines) is 1. The van der Waals surface area contributed by atoms with Crippen LogP contribution in [0.5, 0.6) is 0 Å². The van der Waals surface area contributed by atoms with Gasteiger partial charge in [0.1, 0.15) is 0 Å². The van der Waals surface area contributed by atoms with E-state index in [1.165, 1.54) is 16.6 Å². The van der Waals surface area contributed by atoms with Crippen molar-refractivity contribution in [1.82, 2.24) is 19.4 Å². The van der Waals surface area contributed by atoms with E-state index in [9.17, 15) is 0 Å². The number of rotatable bonds is 3. The molecule has 1 aliphatic rings. The number of aromatic nitrogens is 3. The molecule has 1 fully saturated rings. The van der Waals surface area contributed by atoms with E-state index in [-0.39, 0.29) is 0 Å². The first-order valence-electron chi connectivity index (χ1n) is 10.3. The molecule has 0 amide bonds. The molecule has 0 atom stereocenters. The Morgan fingerprint density at radius 1 is 1.03 bits per heavy atom. The first-order chi connectivity index (χ1) is 14.1. The number of hydrogen-bond acceptors (Lipinski definition) is 4. The standard InChI is InChI=1S/C24H27N5/c1-16-12-18-13-17(4-5-24(18)29(16)3)22-14-23(20-15-25-9-6-21(20)27-22)26-19-7-10-28(2)11-8-19/h4-6,9,12-15,19H,7-8,10-11H2,1-3H3,(H,26,27). The summed E-state index contributed by atoms with van der Waals surface area (Å²) in [6, 6.07) is 13.5. The van der Waals surface area contributed by atoms with Gasteiger partial charge in [-0.3, -0.25) is 4.98 Å². The van der Waals surface area contributed by atoms with Crippen molar-refractivity contribution in [2.24, 2.45) is 7.05 Å². The maximum atomic E-state index is 4.95. The topological polar surface area (TPSA) is 46.0 Å². The Bertz CT molecular complexity index is 1180. The molecule has 0 spiro atoms. The highest BCUT2D eigenvalue weighted by molar-refractivity contribution is 5.94. The van der Waals surface area contributed by atoms with Crippen LogP contribution in [0.15, 0.2) is 48.8 Å². The van der Waals surface area contributed by atoms with Crippen LogP contribution < -0.4 is 5.32 Å². The Morgan fingerprint density at radius 2 is 1.86 bits per heavy atom. The van der Waals surface area contributed by atoms with Gasteiger partial charge in [0, 0.05) is 58.7 Å². The molecule has 5 nitrogen and oxygen atoms in total. The predicted molar refractivity (Wildman–Crippen MR) is 120 cm³/mol. The molecular weight excluding hydrogens is 358 g/mol. The Kier molecular flexibility index (Phi) is 4.47. The molecule has 0 aliphatic carbocycles. The predicted octanol–water partition coefficient (Wildman–Crippen LogP) is 4.60. The summed E-state index contributed by atoms with van der Waals surface area (Å²) in [5.74, 6) is 0. The van der Waals surface area contributed by atoms with Crippen LogP contribution in [0.2, 0.25) is 0 Å². The van der Waals surface area contributed by atoms with Crippen molar-refractivity contribution in [1.29, 1.82) is 0 Å². The molecule has 1 aromatic carbocycles. The highest BCUT2D eigenvalue weighted by Gasteiger charge is 2.18. The number of anilines is 1. The molecule has 1 aliphatic heterocycles. The van der Waals surface area contributed by atoms with Crippen LogP contribution in [-0.4, -0.2) is 45.6 Å². The van der Waals surface area contributed by atoms with Crippen LogP contribution in [-0.2, 0) is 7.05 Å². The number of nitrogens with one attached hydrogen (secondary N) is 1. The third-order valence-corrected chi connectivity index (χ3v) is 6.27. The largest absolute Gasteiger partial charge is 0.382 e. The minimum absolute atomic E-state index is 0.490. The monoisotopic (exact) mass is 385 g/mol. The summed E-state index contributed by atoms with van der Waals surface area (Å²) in [4.78, 5) is 11.7.